The van der Waals surface area contributed by atoms with Crippen LogP contribution >= 0.6 is 11.6 Å². The molecule has 0 aromatic heterocycles. The lowest BCUT2D eigenvalue weighted by molar-refractivity contribution is -0.115. The fourth-order valence-electron chi connectivity index (χ4n) is 3.84. The van der Waals surface area contributed by atoms with E-state index in [4.69, 9.17) is 16.6 Å². The van der Waals surface area contributed by atoms with Gasteiger partial charge < -0.3 is 9.80 Å². The van der Waals surface area contributed by atoms with E-state index in [0.717, 1.165) is 74.0 Å². The van der Waals surface area contributed by atoms with Crippen LogP contribution in [0, 0.1) is 0 Å². The van der Waals surface area contributed by atoms with Gasteiger partial charge >= 0.3 is 0 Å². The van der Waals surface area contributed by atoms with Crippen LogP contribution in [0.2, 0.25) is 5.02 Å². The van der Waals surface area contributed by atoms with Crippen LogP contribution in [-0.2, 0) is 4.79 Å². The summed E-state index contributed by atoms with van der Waals surface area (Å²) in [6.45, 7) is 3.67. The molecule has 126 valence electrons. The summed E-state index contributed by atoms with van der Waals surface area (Å²) in [4.78, 5) is 21.9. The van der Waals surface area contributed by atoms with Gasteiger partial charge in [0, 0.05) is 48.2 Å². The number of aliphatic imine (C=N–C) groups is 1. The minimum atomic E-state index is 0.298. The summed E-state index contributed by atoms with van der Waals surface area (Å²) in [7, 11) is 0. The molecule has 0 radical (unpaired) electrons. The topological polar surface area (TPSA) is 35.9 Å². The number of nitrogens with zero attached hydrogens (tertiary/aromatic N) is 3. The lowest BCUT2D eigenvalue weighted by Gasteiger charge is -2.38. The number of carbonyl (C=O) groups excluding carboxylic acids is 1. The summed E-state index contributed by atoms with van der Waals surface area (Å²) in [6.07, 6.45) is 4.66. The Morgan fingerprint density at radius 1 is 1.00 bits per heavy atom. The summed E-state index contributed by atoms with van der Waals surface area (Å²) in [5, 5.41) is 0.772. The third-order valence-electron chi connectivity index (χ3n) is 5.18. The van der Waals surface area contributed by atoms with Crippen LogP contribution in [0.5, 0.6) is 0 Å². The number of amidine groups is 1. The van der Waals surface area contributed by atoms with Crippen LogP contribution < -0.4 is 4.90 Å². The second-order valence-corrected chi connectivity index (χ2v) is 7.15. The second kappa shape index (κ2) is 6.60. The molecular weight excluding hydrogens is 322 g/mol. The fourth-order valence-corrected chi connectivity index (χ4v) is 4.02. The molecule has 0 spiro atoms. The number of carbonyl (C=O) groups is 1. The van der Waals surface area contributed by atoms with Crippen molar-refractivity contribution < 1.29 is 4.79 Å². The van der Waals surface area contributed by atoms with Crippen LogP contribution in [0.1, 0.15) is 32.1 Å². The zero-order valence-electron chi connectivity index (χ0n) is 13.8. The van der Waals surface area contributed by atoms with E-state index in [9.17, 15) is 4.79 Å². The molecule has 0 amide bonds. The highest BCUT2D eigenvalue weighted by Crippen LogP contribution is 2.31. The van der Waals surface area contributed by atoms with E-state index in [2.05, 4.69) is 15.9 Å². The minimum Gasteiger partial charge on any atom is -0.368 e. The summed E-state index contributed by atoms with van der Waals surface area (Å²) >= 11 is 6.10. The maximum absolute atomic E-state index is 12.4. The summed E-state index contributed by atoms with van der Waals surface area (Å²) in [5.74, 6) is 1.28. The molecular formula is C19H22ClN3O. The highest BCUT2D eigenvalue weighted by atomic mass is 35.5. The standard InChI is InChI=1S/C19H22ClN3O/c20-14-4-3-5-15(12-14)22-8-10-23(11-9-22)19-13-18(24)16-6-1-2-7-17(16)21-19/h3-5,12H,1-2,6-11,13H2. The maximum Gasteiger partial charge on any atom is 0.168 e. The lowest BCUT2D eigenvalue weighted by atomic mass is 9.90. The maximum atomic E-state index is 12.4. The van der Waals surface area contributed by atoms with Gasteiger partial charge in [0.05, 0.1) is 6.42 Å². The van der Waals surface area contributed by atoms with Gasteiger partial charge in [-0.3, -0.25) is 4.79 Å². The highest BCUT2D eigenvalue weighted by Gasteiger charge is 2.29. The van der Waals surface area contributed by atoms with Gasteiger partial charge in [-0.2, -0.15) is 0 Å². The van der Waals surface area contributed by atoms with Crippen LogP contribution in [0.15, 0.2) is 40.5 Å². The van der Waals surface area contributed by atoms with Gasteiger partial charge in [-0.05, 0) is 43.9 Å². The molecule has 4 nitrogen and oxygen atoms in total. The Morgan fingerprint density at radius 2 is 1.75 bits per heavy atom. The average molecular weight is 344 g/mol. The summed E-state index contributed by atoms with van der Waals surface area (Å²) < 4.78 is 0. The monoisotopic (exact) mass is 343 g/mol. The smallest absolute Gasteiger partial charge is 0.168 e. The van der Waals surface area contributed by atoms with Crippen molar-refractivity contribution in [3.05, 3.63) is 40.6 Å². The van der Waals surface area contributed by atoms with E-state index in [-0.39, 0.29) is 0 Å². The van der Waals surface area contributed by atoms with Crippen molar-refractivity contribution in [3.63, 3.8) is 0 Å². The van der Waals surface area contributed by atoms with Gasteiger partial charge in [-0.25, -0.2) is 4.99 Å². The first kappa shape index (κ1) is 15.7. The first-order valence-electron chi connectivity index (χ1n) is 8.79. The van der Waals surface area contributed by atoms with E-state index in [1.165, 1.54) is 5.69 Å². The molecule has 24 heavy (non-hydrogen) atoms. The first-order chi connectivity index (χ1) is 11.7. The SMILES string of the molecule is O=C1CC(N2CCN(c3cccc(Cl)c3)CC2)=NC2=C1CCCC2. The van der Waals surface area contributed by atoms with Gasteiger partial charge in [-0.1, -0.05) is 17.7 Å². The third-order valence-corrected chi connectivity index (χ3v) is 5.41. The molecule has 2 heterocycles. The molecule has 0 atom stereocenters. The highest BCUT2D eigenvalue weighted by molar-refractivity contribution is 6.30. The second-order valence-electron chi connectivity index (χ2n) is 6.71. The van der Waals surface area contributed by atoms with Gasteiger partial charge in [0.15, 0.2) is 5.78 Å². The van der Waals surface area contributed by atoms with Crippen LogP contribution in [-0.4, -0.2) is 42.7 Å². The normalized spacial score (nSPS) is 21.7. The number of halogens is 1. The minimum absolute atomic E-state index is 0.298. The zero-order chi connectivity index (χ0) is 16.5. The molecule has 0 saturated carbocycles. The Morgan fingerprint density at radius 3 is 2.54 bits per heavy atom. The molecule has 1 saturated heterocycles. The van der Waals surface area contributed by atoms with Crippen LogP contribution in [0.3, 0.4) is 0 Å². The quantitative estimate of drug-likeness (QED) is 0.780. The summed E-state index contributed by atoms with van der Waals surface area (Å²) in [5.41, 5.74) is 3.23. The number of anilines is 1. The van der Waals surface area contributed by atoms with Crippen LogP contribution in [0.25, 0.3) is 0 Å². The number of ketones is 1. The van der Waals surface area contributed by atoms with E-state index >= 15 is 0 Å². The molecule has 3 aliphatic rings. The molecule has 0 bridgehead atoms. The van der Waals surface area contributed by atoms with Crippen LogP contribution in [0.4, 0.5) is 5.69 Å². The van der Waals surface area contributed by atoms with E-state index in [1.807, 2.05) is 18.2 Å². The van der Waals surface area contributed by atoms with E-state index < -0.39 is 0 Å². The Labute approximate surface area is 147 Å². The van der Waals surface area contributed by atoms with Gasteiger partial charge in [-0.15, -0.1) is 0 Å². The zero-order valence-corrected chi connectivity index (χ0v) is 14.6. The molecule has 1 aromatic rings. The Kier molecular flexibility index (Phi) is 4.31. The molecule has 1 aromatic carbocycles. The number of rotatable bonds is 1. The number of hydrogen-bond donors (Lipinski definition) is 0. The van der Waals surface area contributed by atoms with E-state index in [1.54, 1.807) is 0 Å². The van der Waals surface area contributed by atoms with Crippen molar-refractivity contribution in [3.8, 4) is 0 Å². The largest absolute Gasteiger partial charge is 0.368 e. The Bertz CT molecular complexity index is 717. The molecule has 0 unspecified atom stereocenters. The predicted octanol–water partition coefficient (Wildman–Crippen LogP) is 3.66. The van der Waals surface area contributed by atoms with Crippen molar-refractivity contribution in [1.29, 1.82) is 0 Å². The molecule has 1 fully saturated rings. The third kappa shape index (κ3) is 3.07. The Hall–Kier alpha value is -1.81. The predicted molar refractivity (Wildman–Crippen MR) is 97.8 cm³/mol. The van der Waals surface area contributed by atoms with Crippen molar-refractivity contribution in [2.24, 2.45) is 4.99 Å². The van der Waals surface area contributed by atoms with Gasteiger partial charge in [0.25, 0.3) is 0 Å². The molecule has 2 aliphatic heterocycles. The molecule has 0 N–H and O–H groups in total. The summed E-state index contributed by atoms with van der Waals surface area (Å²) in [6, 6.07) is 8.00. The van der Waals surface area contributed by atoms with Gasteiger partial charge in [0.2, 0.25) is 0 Å². The number of benzene rings is 1. The van der Waals surface area contributed by atoms with Crippen molar-refractivity contribution in [1.82, 2.24) is 4.90 Å². The average Bonchev–Trinajstić information content (AvgIpc) is 2.62. The molecule has 4 rings (SSSR count). The van der Waals surface area contributed by atoms with Crippen molar-refractivity contribution >= 4 is 28.9 Å². The molecule has 1 aliphatic carbocycles. The van der Waals surface area contributed by atoms with Crippen molar-refractivity contribution in [2.75, 3.05) is 31.1 Å². The Balaban J connectivity index is 1.45. The number of hydrogen-bond acceptors (Lipinski definition) is 4. The molecule has 5 heteroatoms. The number of allylic oxidation sites excluding steroid dienone is 2. The fraction of sp³-hybridized carbons (Fsp3) is 0.474. The number of piperazine rings is 1. The van der Waals surface area contributed by atoms with E-state index in [0.29, 0.717) is 12.2 Å². The number of Topliss-reactive ketones (excluding diaryl/α,β-unsaturated/α-hetero) is 1. The van der Waals surface area contributed by atoms with Gasteiger partial charge in [0.1, 0.15) is 5.84 Å². The first-order valence-corrected chi connectivity index (χ1v) is 9.17. The van der Waals surface area contributed by atoms with Crippen molar-refractivity contribution in [2.45, 2.75) is 32.1 Å². The lowest BCUT2D eigenvalue weighted by Crippen LogP contribution is -2.49.